The van der Waals surface area contributed by atoms with Crippen molar-refractivity contribution in [2.45, 2.75) is 58.3 Å². The zero-order valence-electron chi connectivity index (χ0n) is 20.4. The van der Waals surface area contributed by atoms with Crippen molar-refractivity contribution in [3.8, 4) is 11.5 Å². The molecular formula is C26H39NO4. The first kappa shape index (κ1) is 25.2. The molecule has 0 radical (unpaired) electrons. The van der Waals surface area contributed by atoms with Crippen molar-refractivity contribution in [1.29, 1.82) is 0 Å². The highest BCUT2D eigenvalue weighted by molar-refractivity contribution is 5.55. The molecule has 5 heteroatoms. The molecule has 0 aromatic heterocycles. The lowest BCUT2D eigenvalue weighted by Gasteiger charge is -2.30. The van der Waals surface area contributed by atoms with Gasteiger partial charge in [0.1, 0.15) is 11.5 Å². The molecule has 31 heavy (non-hydrogen) atoms. The van der Waals surface area contributed by atoms with E-state index in [0.29, 0.717) is 6.54 Å². The highest BCUT2D eigenvalue weighted by atomic mass is 16.7. The van der Waals surface area contributed by atoms with Gasteiger partial charge in [-0.05, 0) is 22.0 Å². The Kier molecular flexibility index (Phi) is 8.52. The van der Waals surface area contributed by atoms with E-state index >= 15 is 0 Å². The summed E-state index contributed by atoms with van der Waals surface area (Å²) in [6.07, 6.45) is 0. The van der Waals surface area contributed by atoms with Crippen molar-refractivity contribution in [2.24, 2.45) is 5.73 Å². The molecule has 0 saturated heterocycles. The minimum Gasteiger partial charge on any atom is -0.467 e. The van der Waals surface area contributed by atoms with Gasteiger partial charge in [-0.3, -0.25) is 0 Å². The summed E-state index contributed by atoms with van der Waals surface area (Å²) in [4.78, 5) is 0. The lowest BCUT2D eigenvalue weighted by atomic mass is 9.79. The molecule has 0 bridgehead atoms. The van der Waals surface area contributed by atoms with E-state index in [4.69, 9.17) is 24.7 Å². The average Bonchev–Trinajstić information content (AvgIpc) is 2.70. The summed E-state index contributed by atoms with van der Waals surface area (Å²) in [7, 11) is 3.26. The molecule has 0 aliphatic carbocycles. The van der Waals surface area contributed by atoms with Crippen LogP contribution in [0.1, 0.15) is 69.7 Å². The van der Waals surface area contributed by atoms with Crippen LogP contribution in [0.25, 0.3) is 0 Å². The van der Waals surface area contributed by atoms with Gasteiger partial charge in [0, 0.05) is 37.8 Å². The van der Waals surface area contributed by atoms with Crippen molar-refractivity contribution in [3.05, 3.63) is 58.7 Å². The van der Waals surface area contributed by atoms with E-state index in [0.717, 1.165) is 33.8 Å². The summed E-state index contributed by atoms with van der Waals surface area (Å²) in [5, 5.41) is 0. The maximum atomic E-state index is 6.38. The monoisotopic (exact) mass is 429 g/mol. The lowest BCUT2D eigenvalue weighted by Crippen LogP contribution is -2.22. The van der Waals surface area contributed by atoms with Crippen LogP contribution in [0, 0.1) is 0 Å². The maximum Gasteiger partial charge on any atom is 0.188 e. The molecule has 172 valence electrons. The van der Waals surface area contributed by atoms with Crippen molar-refractivity contribution >= 4 is 0 Å². The molecule has 2 N–H and O–H groups in total. The summed E-state index contributed by atoms with van der Waals surface area (Å²) < 4.78 is 22.7. The van der Waals surface area contributed by atoms with Gasteiger partial charge in [-0.2, -0.15) is 0 Å². The summed E-state index contributed by atoms with van der Waals surface area (Å²) >= 11 is 0. The van der Waals surface area contributed by atoms with Crippen molar-refractivity contribution in [1.82, 2.24) is 0 Å². The standard InChI is InChI=1S/C26H39NO4/c1-25(2,3)21-13-9-11-18(23(21)30-16-28-7)20(15-27)19-12-10-14-22(26(4,5)6)24(19)31-17-29-8/h9-14,20H,15-17,27H2,1-8H3. The quantitative estimate of drug-likeness (QED) is 0.545. The predicted molar refractivity (Wildman–Crippen MR) is 126 cm³/mol. The fourth-order valence-corrected chi connectivity index (χ4v) is 3.82. The van der Waals surface area contributed by atoms with Gasteiger partial charge < -0.3 is 24.7 Å². The molecule has 2 rings (SSSR count). The van der Waals surface area contributed by atoms with Crippen LogP contribution in [0.5, 0.6) is 11.5 Å². The third-order valence-corrected chi connectivity index (χ3v) is 5.34. The number of hydrogen-bond donors (Lipinski definition) is 1. The van der Waals surface area contributed by atoms with E-state index in [1.807, 2.05) is 0 Å². The van der Waals surface area contributed by atoms with E-state index in [1.54, 1.807) is 14.2 Å². The molecule has 5 nitrogen and oxygen atoms in total. The van der Waals surface area contributed by atoms with E-state index < -0.39 is 0 Å². The SMILES string of the molecule is COCOc1c(C(CN)c2cccc(C(C)(C)C)c2OCOC)cccc1C(C)(C)C. The Morgan fingerprint density at radius 2 is 1.10 bits per heavy atom. The Bertz CT molecular complexity index is 780. The fraction of sp³-hybridized carbons (Fsp3) is 0.538. The minimum atomic E-state index is -0.108. The molecular weight excluding hydrogens is 390 g/mol. The van der Waals surface area contributed by atoms with Crippen molar-refractivity contribution in [2.75, 3.05) is 34.4 Å². The molecule has 0 amide bonds. The van der Waals surface area contributed by atoms with Crippen LogP contribution in [-0.2, 0) is 20.3 Å². The van der Waals surface area contributed by atoms with E-state index in [-0.39, 0.29) is 30.3 Å². The number of nitrogens with two attached hydrogens (primary N) is 1. The Morgan fingerprint density at radius 3 is 1.39 bits per heavy atom. The number of ether oxygens (including phenoxy) is 4. The van der Waals surface area contributed by atoms with E-state index in [9.17, 15) is 0 Å². The predicted octanol–water partition coefficient (Wildman–Crippen LogP) is 5.34. The normalized spacial score (nSPS) is 12.3. The van der Waals surface area contributed by atoms with Gasteiger partial charge in [-0.15, -0.1) is 0 Å². The molecule has 0 atom stereocenters. The van der Waals surface area contributed by atoms with Crippen LogP contribution in [0.4, 0.5) is 0 Å². The van der Waals surface area contributed by atoms with Crippen LogP contribution in [0.3, 0.4) is 0 Å². The zero-order chi connectivity index (χ0) is 23.2. The van der Waals surface area contributed by atoms with Crippen LogP contribution >= 0.6 is 0 Å². The smallest absolute Gasteiger partial charge is 0.188 e. The first-order valence-electron chi connectivity index (χ1n) is 10.8. The summed E-state index contributed by atoms with van der Waals surface area (Å²) in [5.74, 6) is 1.54. The van der Waals surface area contributed by atoms with Crippen LogP contribution in [0.15, 0.2) is 36.4 Å². The molecule has 0 aliphatic heterocycles. The molecule has 0 saturated carbocycles. The molecule has 0 heterocycles. The van der Waals surface area contributed by atoms with E-state index in [2.05, 4.69) is 77.9 Å². The number of para-hydroxylation sites is 2. The second kappa shape index (κ2) is 10.5. The van der Waals surface area contributed by atoms with Gasteiger partial charge in [-0.1, -0.05) is 77.9 Å². The van der Waals surface area contributed by atoms with Crippen LogP contribution < -0.4 is 15.2 Å². The minimum absolute atomic E-state index is 0.0964. The van der Waals surface area contributed by atoms with Gasteiger partial charge in [0.15, 0.2) is 13.6 Å². The second-order valence-electron chi connectivity index (χ2n) is 9.84. The average molecular weight is 430 g/mol. The Balaban J connectivity index is 2.74. The summed E-state index contributed by atoms with van der Waals surface area (Å²) in [6, 6.07) is 12.5. The number of benzene rings is 2. The van der Waals surface area contributed by atoms with Gasteiger partial charge in [0.2, 0.25) is 0 Å². The largest absolute Gasteiger partial charge is 0.467 e. The van der Waals surface area contributed by atoms with Gasteiger partial charge in [0.05, 0.1) is 0 Å². The number of methoxy groups -OCH3 is 2. The number of rotatable bonds is 9. The Hall–Kier alpha value is -2.08. The van der Waals surface area contributed by atoms with Gasteiger partial charge in [0.25, 0.3) is 0 Å². The van der Waals surface area contributed by atoms with Crippen molar-refractivity contribution in [3.63, 3.8) is 0 Å². The molecule has 0 unspecified atom stereocenters. The molecule has 2 aromatic rings. The second-order valence-corrected chi connectivity index (χ2v) is 9.84. The highest BCUT2D eigenvalue weighted by Gasteiger charge is 2.29. The molecule has 0 spiro atoms. The van der Waals surface area contributed by atoms with Gasteiger partial charge >= 0.3 is 0 Å². The molecule has 0 fully saturated rings. The topological polar surface area (TPSA) is 62.9 Å². The summed E-state index contributed by atoms with van der Waals surface area (Å²) in [5.41, 5.74) is 10.5. The highest BCUT2D eigenvalue weighted by Crippen LogP contribution is 2.44. The fourth-order valence-electron chi connectivity index (χ4n) is 3.82. The third kappa shape index (κ3) is 6.00. The Labute approximate surface area is 187 Å². The molecule has 0 aliphatic rings. The lowest BCUT2D eigenvalue weighted by molar-refractivity contribution is 0.0480. The van der Waals surface area contributed by atoms with Crippen LogP contribution in [-0.4, -0.2) is 34.4 Å². The molecule has 2 aromatic carbocycles. The van der Waals surface area contributed by atoms with Crippen LogP contribution in [0.2, 0.25) is 0 Å². The Morgan fingerprint density at radius 1 is 0.710 bits per heavy atom. The van der Waals surface area contributed by atoms with Gasteiger partial charge in [-0.25, -0.2) is 0 Å². The summed E-state index contributed by atoms with van der Waals surface area (Å²) in [6.45, 7) is 13.8. The van der Waals surface area contributed by atoms with Crippen molar-refractivity contribution < 1.29 is 18.9 Å². The number of hydrogen-bond acceptors (Lipinski definition) is 5. The first-order chi connectivity index (χ1) is 14.6. The van der Waals surface area contributed by atoms with E-state index in [1.165, 1.54) is 0 Å². The third-order valence-electron chi connectivity index (χ3n) is 5.34. The maximum absolute atomic E-state index is 6.38. The first-order valence-corrected chi connectivity index (χ1v) is 10.8. The zero-order valence-corrected chi connectivity index (χ0v) is 20.4.